The number of halogens is 1. The third kappa shape index (κ3) is 3.78. The summed E-state index contributed by atoms with van der Waals surface area (Å²) in [5.74, 6) is 0.314. The first kappa shape index (κ1) is 15.4. The number of sulfonamides is 1. The predicted octanol–water partition coefficient (Wildman–Crippen LogP) is 2.44. The lowest BCUT2D eigenvalue weighted by atomic mass is 10.3. The second-order valence-electron chi connectivity index (χ2n) is 3.92. The Morgan fingerprint density at radius 2 is 2.25 bits per heavy atom. The summed E-state index contributed by atoms with van der Waals surface area (Å²) in [5.41, 5.74) is 2.60. The van der Waals surface area contributed by atoms with Gasteiger partial charge in [0.05, 0.1) is 18.3 Å². The van der Waals surface area contributed by atoms with Gasteiger partial charge in [-0.3, -0.25) is 0 Å². The topological polar surface area (TPSA) is 68.3 Å². The summed E-state index contributed by atoms with van der Waals surface area (Å²) < 4.78 is 32.8. The van der Waals surface area contributed by atoms with Crippen LogP contribution >= 0.6 is 27.3 Å². The molecule has 0 aliphatic heterocycles. The predicted molar refractivity (Wildman–Crippen MR) is 81.7 cm³/mol. The molecule has 0 aliphatic rings. The van der Waals surface area contributed by atoms with E-state index >= 15 is 0 Å². The highest BCUT2D eigenvalue weighted by Crippen LogP contribution is 2.26. The smallest absolute Gasteiger partial charge is 0.244 e. The quantitative estimate of drug-likeness (QED) is 0.840. The van der Waals surface area contributed by atoms with Crippen molar-refractivity contribution in [2.45, 2.75) is 11.3 Å². The maximum Gasteiger partial charge on any atom is 0.244 e. The van der Waals surface area contributed by atoms with Crippen LogP contribution in [0.3, 0.4) is 0 Å². The second kappa shape index (κ2) is 6.66. The van der Waals surface area contributed by atoms with Crippen molar-refractivity contribution in [1.82, 2.24) is 9.71 Å². The molecule has 0 saturated carbocycles. The highest BCUT2D eigenvalue weighted by Gasteiger charge is 2.19. The van der Waals surface area contributed by atoms with Gasteiger partial charge in [0, 0.05) is 22.8 Å². The lowest BCUT2D eigenvalue weighted by Gasteiger charge is -2.10. The fourth-order valence-corrected chi connectivity index (χ4v) is 3.94. The van der Waals surface area contributed by atoms with Crippen LogP contribution in [0, 0.1) is 0 Å². The summed E-state index contributed by atoms with van der Waals surface area (Å²) in [5, 5.41) is 1.90. The van der Waals surface area contributed by atoms with Crippen molar-refractivity contribution in [3.63, 3.8) is 0 Å². The Kier molecular flexibility index (Phi) is 5.14. The summed E-state index contributed by atoms with van der Waals surface area (Å²) in [7, 11) is -2.17. The van der Waals surface area contributed by atoms with Gasteiger partial charge in [0.15, 0.2) is 0 Å². The van der Waals surface area contributed by atoms with Crippen molar-refractivity contribution in [2.24, 2.45) is 0 Å². The molecule has 1 heterocycles. The summed E-state index contributed by atoms with van der Waals surface area (Å²) in [4.78, 5) is 4.23. The number of thiazole rings is 1. The third-order valence-electron chi connectivity index (χ3n) is 2.57. The zero-order chi connectivity index (χ0) is 14.6. The molecule has 0 bridgehead atoms. The lowest BCUT2D eigenvalue weighted by molar-refractivity contribution is 0.402. The SMILES string of the molecule is COc1ccc(Br)cc1S(=O)(=O)NCCc1cscn1. The summed E-state index contributed by atoms with van der Waals surface area (Å²) in [6, 6.07) is 4.86. The molecular weight excluding hydrogens is 364 g/mol. The van der Waals surface area contributed by atoms with E-state index in [4.69, 9.17) is 4.74 Å². The normalized spacial score (nSPS) is 11.5. The Bertz CT molecular complexity index is 672. The number of nitrogens with zero attached hydrogens (tertiary/aromatic N) is 1. The van der Waals surface area contributed by atoms with Crippen LogP contribution in [0.1, 0.15) is 5.69 Å². The van der Waals surface area contributed by atoms with Gasteiger partial charge >= 0.3 is 0 Å². The van der Waals surface area contributed by atoms with Crippen molar-refractivity contribution >= 4 is 37.3 Å². The zero-order valence-electron chi connectivity index (χ0n) is 10.7. The van der Waals surface area contributed by atoms with Crippen LogP contribution < -0.4 is 9.46 Å². The van der Waals surface area contributed by atoms with E-state index < -0.39 is 10.0 Å². The van der Waals surface area contributed by atoms with Crippen LogP contribution in [-0.2, 0) is 16.4 Å². The minimum Gasteiger partial charge on any atom is -0.495 e. The van der Waals surface area contributed by atoms with Crippen LogP contribution in [0.25, 0.3) is 0 Å². The summed E-state index contributed by atoms with van der Waals surface area (Å²) in [6.45, 7) is 0.293. The zero-order valence-corrected chi connectivity index (χ0v) is 13.9. The van der Waals surface area contributed by atoms with Gasteiger partial charge in [-0.25, -0.2) is 18.1 Å². The van der Waals surface area contributed by atoms with E-state index in [1.165, 1.54) is 24.5 Å². The Labute approximate surface area is 130 Å². The molecule has 8 heteroatoms. The average Bonchev–Trinajstić information content (AvgIpc) is 2.91. The molecule has 5 nitrogen and oxygen atoms in total. The largest absolute Gasteiger partial charge is 0.495 e. The Hall–Kier alpha value is -0.960. The monoisotopic (exact) mass is 376 g/mol. The molecule has 0 amide bonds. The first-order chi connectivity index (χ1) is 9.53. The van der Waals surface area contributed by atoms with E-state index in [0.29, 0.717) is 23.2 Å². The molecule has 0 atom stereocenters. The number of hydrogen-bond donors (Lipinski definition) is 1. The number of methoxy groups -OCH3 is 1. The van der Waals surface area contributed by atoms with Gasteiger partial charge in [0.1, 0.15) is 10.6 Å². The molecule has 0 aliphatic carbocycles. The van der Waals surface area contributed by atoms with E-state index in [1.807, 2.05) is 5.38 Å². The summed E-state index contributed by atoms with van der Waals surface area (Å²) in [6.07, 6.45) is 0.555. The minimum absolute atomic E-state index is 0.118. The minimum atomic E-state index is -3.61. The van der Waals surface area contributed by atoms with E-state index in [9.17, 15) is 8.42 Å². The van der Waals surface area contributed by atoms with Crippen molar-refractivity contribution < 1.29 is 13.2 Å². The number of hydrogen-bond acceptors (Lipinski definition) is 5. The molecule has 1 aromatic heterocycles. The van der Waals surface area contributed by atoms with Crippen LogP contribution in [-0.4, -0.2) is 27.1 Å². The number of ether oxygens (including phenoxy) is 1. The van der Waals surface area contributed by atoms with Gasteiger partial charge in [0.25, 0.3) is 0 Å². The molecule has 0 spiro atoms. The van der Waals surface area contributed by atoms with Crippen molar-refractivity contribution in [3.05, 3.63) is 39.3 Å². The maximum absolute atomic E-state index is 12.3. The first-order valence-corrected chi connectivity index (χ1v) is 8.95. The molecule has 2 aromatic rings. The highest BCUT2D eigenvalue weighted by atomic mass is 79.9. The molecule has 1 aromatic carbocycles. The molecular formula is C12H13BrN2O3S2. The molecule has 0 radical (unpaired) electrons. The number of nitrogens with one attached hydrogen (secondary N) is 1. The lowest BCUT2D eigenvalue weighted by Crippen LogP contribution is -2.26. The first-order valence-electron chi connectivity index (χ1n) is 5.73. The Morgan fingerprint density at radius 1 is 1.45 bits per heavy atom. The van der Waals surface area contributed by atoms with Crippen LogP contribution in [0.15, 0.2) is 38.5 Å². The molecule has 1 N–H and O–H groups in total. The Balaban J connectivity index is 2.11. The summed E-state index contributed by atoms with van der Waals surface area (Å²) >= 11 is 4.75. The number of aromatic nitrogens is 1. The fraction of sp³-hybridized carbons (Fsp3) is 0.250. The molecule has 0 unspecified atom stereocenters. The average molecular weight is 377 g/mol. The van der Waals surface area contributed by atoms with E-state index in [-0.39, 0.29) is 4.90 Å². The van der Waals surface area contributed by atoms with E-state index in [2.05, 4.69) is 25.6 Å². The Morgan fingerprint density at radius 3 is 2.90 bits per heavy atom. The number of rotatable bonds is 6. The van der Waals surface area contributed by atoms with Gasteiger partial charge in [-0.2, -0.15) is 0 Å². The molecule has 0 fully saturated rings. The van der Waals surface area contributed by atoms with Gasteiger partial charge in [-0.1, -0.05) is 15.9 Å². The maximum atomic E-state index is 12.3. The van der Waals surface area contributed by atoms with E-state index in [1.54, 1.807) is 17.6 Å². The van der Waals surface area contributed by atoms with Gasteiger partial charge < -0.3 is 4.74 Å². The standard InChI is InChI=1S/C12H13BrN2O3S2/c1-18-11-3-2-9(13)6-12(11)20(16,17)15-5-4-10-7-19-8-14-10/h2-3,6-8,15H,4-5H2,1H3. The van der Waals surface area contributed by atoms with Crippen LogP contribution in [0.2, 0.25) is 0 Å². The molecule has 20 heavy (non-hydrogen) atoms. The van der Waals surface area contributed by atoms with Gasteiger partial charge in [0.2, 0.25) is 10.0 Å². The van der Waals surface area contributed by atoms with Gasteiger partial charge in [-0.15, -0.1) is 11.3 Å². The molecule has 0 saturated heterocycles. The van der Waals surface area contributed by atoms with Crippen molar-refractivity contribution in [3.8, 4) is 5.75 Å². The second-order valence-corrected chi connectivity index (χ2v) is 7.29. The van der Waals surface area contributed by atoms with Crippen molar-refractivity contribution in [2.75, 3.05) is 13.7 Å². The highest BCUT2D eigenvalue weighted by molar-refractivity contribution is 9.10. The van der Waals surface area contributed by atoms with Crippen LogP contribution in [0.5, 0.6) is 5.75 Å². The molecule has 2 rings (SSSR count). The number of benzene rings is 1. The van der Waals surface area contributed by atoms with Crippen LogP contribution in [0.4, 0.5) is 0 Å². The fourth-order valence-electron chi connectivity index (χ4n) is 1.61. The molecule has 108 valence electrons. The van der Waals surface area contributed by atoms with Gasteiger partial charge in [-0.05, 0) is 18.2 Å². The van der Waals surface area contributed by atoms with E-state index in [0.717, 1.165) is 5.69 Å². The third-order valence-corrected chi connectivity index (χ3v) is 5.18. The van der Waals surface area contributed by atoms with Crippen molar-refractivity contribution in [1.29, 1.82) is 0 Å².